The standard InChI is InChI=1S/C15H14N2O3/c16-14(18)12-8-13(10-17-9-12)15(19)20-7-6-11-4-2-1-3-5-11/h1-5,8-10H,6-7H2,(H2,16,18). The maximum Gasteiger partial charge on any atom is 0.339 e. The summed E-state index contributed by atoms with van der Waals surface area (Å²) in [6, 6.07) is 11.1. The summed E-state index contributed by atoms with van der Waals surface area (Å²) in [5.41, 5.74) is 6.62. The Morgan fingerprint density at radius 3 is 2.50 bits per heavy atom. The van der Waals surface area contributed by atoms with Crippen molar-refractivity contribution in [3.05, 3.63) is 65.5 Å². The van der Waals surface area contributed by atoms with E-state index in [1.165, 1.54) is 18.5 Å². The molecule has 5 heteroatoms. The molecule has 2 N–H and O–H groups in total. The lowest BCUT2D eigenvalue weighted by atomic mass is 10.2. The number of rotatable bonds is 5. The van der Waals surface area contributed by atoms with E-state index in [2.05, 4.69) is 4.98 Å². The van der Waals surface area contributed by atoms with Crippen LogP contribution in [0.15, 0.2) is 48.8 Å². The second-order valence-corrected chi connectivity index (χ2v) is 4.20. The molecule has 1 aromatic heterocycles. The topological polar surface area (TPSA) is 82.3 Å². The van der Waals surface area contributed by atoms with E-state index >= 15 is 0 Å². The lowest BCUT2D eigenvalue weighted by molar-refractivity contribution is 0.0509. The van der Waals surface area contributed by atoms with Gasteiger partial charge < -0.3 is 10.5 Å². The van der Waals surface area contributed by atoms with E-state index in [1.807, 2.05) is 30.3 Å². The third kappa shape index (κ3) is 3.65. The van der Waals surface area contributed by atoms with E-state index in [-0.39, 0.29) is 17.7 Å². The van der Waals surface area contributed by atoms with Gasteiger partial charge in [-0.15, -0.1) is 0 Å². The van der Waals surface area contributed by atoms with Crippen molar-refractivity contribution in [1.29, 1.82) is 0 Å². The van der Waals surface area contributed by atoms with Crippen LogP contribution < -0.4 is 5.73 Å². The second kappa shape index (κ2) is 6.47. The fraction of sp³-hybridized carbons (Fsp3) is 0.133. The number of primary amides is 1. The number of ether oxygens (including phenoxy) is 1. The van der Waals surface area contributed by atoms with Gasteiger partial charge >= 0.3 is 5.97 Å². The summed E-state index contributed by atoms with van der Waals surface area (Å²) in [7, 11) is 0. The van der Waals surface area contributed by atoms with Crippen molar-refractivity contribution < 1.29 is 14.3 Å². The number of hydrogen-bond donors (Lipinski definition) is 1. The number of hydrogen-bond acceptors (Lipinski definition) is 4. The van der Waals surface area contributed by atoms with Crippen LogP contribution in [0.4, 0.5) is 0 Å². The Balaban J connectivity index is 1.92. The molecule has 2 rings (SSSR count). The zero-order valence-electron chi connectivity index (χ0n) is 10.8. The van der Waals surface area contributed by atoms with Crippen molar-refractivity contribution in [2.24, 2.45) is 5.73 Å². The van der Waals surface area contributed by atoms with Gasteiger partial charge in [0.15, 0.2) is 0 Å². The first-order valence-electron chi connectivity index (χ1n) is 6.13. The third-order valence-electron chi connectivity index (χ3n) is 2.73. The minimum atomic E-state index is -0.628. The predicted molar refractivity (Wildman–Crippen MR) is 73.2 cm³/mol. The van der Waals surface area contributed by atoms with Crippen LogP contribution in [0.25, 0.3) is 0 Å². The quantitative estimate of drug-likeness (QED) is 0.836. The van der Waals surface area contributed by atoms with E-state index in [9.17, 15) is 9.59 Å². The number of benzene rings is 1. The second-order valence-electron chi connectivity index (χ2n) is 4.20. The Morgan fingerprint density at radius 2 is 1.80 bits per heavy atom. The summed E-state index contributed by atoms with van der Waals surface area (Å²) >= 11 is 0. The van der Waals surface area contributed by atoms with Crippen LogP contribution in [0.1, 0.15) is 26.3 Å². The Morgan fingerprint density at radius 1 is 1.10 bits per heavy atom. The van der Waals surface area contributed by atoms with Crippen molar-refractivity contribution in [1.82, 2.24) is 4.98 Å². The summed E-state index contributed by atoms with van der Waals surface area (Å²) in [5, 5.41) is 0. The van der Waals surface area contributed by atoms with Gasteiger partial charge in [0.2, 0.25) is 5.91 Å². The average molecular weight is 270 g/mol. The van der Waals surface area contributed by atoms with Crippen molar-refractivity contribution >= 4 is 11.9 Å². The maximum atomic E-state index is 11.8. The molecule has 5 nitrogen and oxygen atoms in total. The molecule has 0 aliphatic rings. The summed E-state index contributed by atoms with van der Waals surface area (Å²) in [6.07, 6.45) is 3.29. The van der Waals surface area contributed by atoms with Crippen molar-refractivity contribution in [2.75, 3.05) is 6.61 Å². The number of carbonyl (C=O) groups is 2. The van der Waals surface area contributed by atoms with Crippen molar-refractivity contribution in [2.45, 2.75) is 6.42 Å². The first kappa shape index (κ1) is 13.7. The SMILES string of the molecule is NC(=O)c1cncc(C(=O)OCCc2ccccc2)c1. The summed E-state index contributed by atoms with van der Waals surface area (Å²) in [6.45, 7) is 0.268. The first-order chi connectivity index (χ1) is 9.66. The van der Waals surface area contributed by atoms with Gasteiger partial charge in [0, 0.05) is 18.8 Å². The van der Waals surface area contributed by atoms with E-state index in [1.54, 1.807) is 0 Å². The Labute approximate surface area is 116 Å². The largest absolute Gasteiger partial charge is 0.462 e. The van der Waals surface area contributed by atoms with E-state index in [0.29, 0.717) is 6.42 Å². The molecule has 0 radical (unpaired) electrons. The lowest BCUT2D eigenvalue weighted by Crippen LogP contribution is -2.14. The van der Waals surface area contributed by atoms with Crippen LogP contribution in [0.3, 0.4) is 0 Å². The Bertz CT molecular complexity index is 612. The summed E-state index contributed by atoms with van der Waals surface area (Å²) < 4.78 is 5.14. The highest BCUT2D eigenvalue weighted by Crippen LogP contribution is 2.05. The van der Waals surface area contributed by atoms with Crippen LogP contribution in [-0.2, 0) is 11.2 Å². The van der Waals surface area contributed by atoms with Crippen LogP contribution in [-0.4, -0.2) is 23.5 Å². The molecular weight excluding hydrogens is 256 g/mol. The minimum Gasteiger partial charge on any atom is -0.462 e. The average Bonchev–Trinajstić information content (AvgIpc) is 2.48. The van der Waals surface area contributed by atoms with Crippen LogP contribution in [0.2, 0.25) is 0 Å². The zero-order chi connectivity index (χ0) is 14.4. The molecule has 20 heavy (non-hydrogen) atoms. The maximum absolute atomic E-state index is 11.8. The molecule has 0 aliphatic heterocycles. The predicted octanol–water partition coefficient (Wildman–Crippen LogP) is 1.58. The number of carbonyl (C=O) groups excluding carboxylic acids is 2. The van der Waals surface area contributed by atoms with Crippen molar-refractivity contribution in [3.63, 3.8) is 0 Å². The summed E-state index contributed by atoms with van der Waals surface area (Å²) in [4.78, 5) is 26.6. The molecule has 0 unspecified atom stereocenters. The molecule has 0 fully saturated rings. The van der Waals surface area contributed by atoms with Crippen LogP contribution in [0.5, 0.6) is 0 Å². The molecule has 1 aromatic carbocycles. The smallest absolute Gasteiger partial charge is 0.339 e. The fourth-order valence-electron chi connectivity index (χ4n) is 1.68. The number of pyridine rings is 1. The molecule has 0 bridgehead atoms. The number of nitrogens with zero attached hydrogens (tertiary/aromatic N) is 1. The van der Waals surface area contributed by atoms with Gasteiger partial charge in [0.25, 0.3) is 0 Å². The number of aromatic nitrogens is 1. The highest BCUT2D eigenvalue weighted by Gasteiger charge is 2.10. The van der Waals surface area contributed by atoms with Gasteiger partial charge in [-0.2, -0.15) is 0 Å². The molecule has 0 atom stereocenters. The first-order valence-corrected chi connectivity index (χ1v) is 6.13. The van der Waals surface area contributed by atoms with Gasteiger partial charge in [-0.05, 0) is 11.6 Å². The van der Waals surface area contributed by atoms with E-state index < -0.39 is 11.9 Å². The molecule has 0 saturated heterocycles. The van der Waals surface area contributed by atoms with Crippen molar-refractivity contribution in [3.8, 4) is 0 Å². The van der Waals surface area contributed by atoms with Crippen LogP contribution >= 0.6 is 0 Å². The highest BCUT2D eigenvalue weighted by molar-refractivity contribution is 5.96. The summed E-state index contributed by atoms with van der Waals surface area (Å²) in [5.74, 6) is -1.15. The van der Waals surface area contributed by atoms with Gasteiger partial charge in [-0.25, -0.2) is 4.79 Å². The molecular formula is C15H14N2O3. The van der Waals surface area contributed by atoms with Gasteiger partial charge in [0.05, 0.1) is 17.7 Å². The van der Waals surface area contributed by atoms with E-state index in [4.69, 9.17) is 10.5 Å². The normalized spacial score (nSPS) is 10.0. The third-order valence-corrected chi connectivity index (χ3v) is 2.73. The number of amides is 1. The van der Waals surface area contributed by atoms with Gasteiger partial charge in [0.1, 0.15) is 0 Å². The van der Waals surface area contributed by atoms with E-state index in [0.717, 1.165) is 5.56 Å². The molecule has 102 valence electrons. The lowest BCUT2D eigenvalue weighted by Gasteiger charge is -2.05. The molecule has 1 heterocycles. The molecule has 0 aliphatic carbocycles. The highest BCUT2D eigenvalue weighted by atomic mass is 16.5. The number of nitrogens with two attached hydrogens (primary N) is 1. The molecule has 0 saturated carbocycles. The molecule has 2 aromatic rings. The Hall–Kier alpha value is -2.69. The minimum absolute atomic E-state index is 0.183. The Kier molecular flexibility index (Phi) is 4.44. The zero-order valence-corrected chi connectivity index (χ0v) is 10.8. The molecule has 0 spiro atoms. The van der Waals surface area contributed by atoms with Gasteiger partial charge in [-0.3, -0.25) is 9.78 Å². The monoisotopic (exact) mass is 270 g/mol. The van der Waals surface area contributed by atoms with Gasteiger partial charge in [-0.1, -0.05) is 30.3 Å². The van der Waals surface area contributed by atoms with Crippen LogP contribution in [0, 0.1) is 0 Å². The molecule has 1 amide bonds. The fourth-order valence-corrected chi connectivity index (χ4v) is 1.68. The number of esters is 1.